The lowest BCUT2D eigenvalue weighted by molar-refractivity contribution is -0.00614. The molecule has 0 amide bonds. The Kier molecular flexibility index (Phi) is 5.12. The number of pyridine rings is 1. The third kappa shape index (κ3) is 3.77. The van der Waals surface area contributed by atoms with E-state index in [1.54, 1.807) is 30.3 Å². The first-order chi connectivity index (χ1) is 13.6. The number of anilines is 1. The molecule has 0 bridgehead atoms. The van der Waals surface area contributed by atoms with Gasteiger partial charge in [0, 0.05) is 41.7 Å². The lowest BCUT2D eigenvalue weighted by Gasteiger charge is -2.27. The quantitative estimate of drug-likeness (QED) is 0.686. The minimum atomic E-state index is -3.68. The number of nitrogens with zero attached hydrogens (tertiary/aromatic N) is 2. The number of rotatable bonds is 5. The van der Waals surface area contributed by atoms with Gasteiger partial charge >= 0.3 is 10.2 Å². The largest absolute Gasteiger partial charge is 0.314 e. The number of nitrogens with one attached hydrogen (secondary N) is 2. The normalized spacial score (nSPS) is 15.5. The van der Waals surface area contributed by atoms with Crippen LogP contribution in [0.4, 0.5) is 10.2 Å². The van der Waals surface area contributed by atoms with Crippen molar-refractivity contribution in [2.75, 3.05) is 30.9 Å². The second kappa shape index (κ2) is 7.70. The second-order valence-corrected chi connectivity index (χ2v) is 8.11. The Hall–Kier alpha value is -2.75. The summed E-state index contributed by atoms with van der Waals surface area (Å²) in [5, 5.41) is 3.93. The molecule has 1 aromatic heterocycles. The molecule has 0 unspecified atom stereocenters. The summed E-state index contributed by atoms with van der Waals surface area (Å²) in [6, 6.07) is 15.4. The zero-order chi connectivity index (χ0) is 19.6. The van der Waals surface area contributed by atoms with Gasteiger partial charge in [-0.25, -0.2) is 4.98 Å². The Labute approximate surface area is 162 Å². The summed E-state index contributed by atoms with van der Waals surface area (Å²) in [5.74, 6) is 0.0760. The van der Waals surface area contributed by atoms with E-state index >= 15 is 0 Å². The molecule has 0 aliphatic carbocycles. The molecule has 1 fully saturated rings. The molecule has 2 heterocycles. The maximum Gasteiger partial charge on any atom is 0.301 e. The highest BCUT2D eigenvalue weighted by Gasteiger charge is 2.24. The number of halogens is 1. The van der Waals surface area contributed by atoms with Gasteiger partial charge in [0.1, 0.15) is 0 Å². The molecule has 1 aliphatic rings. The van der Waals surface area contributed by atoms with Crippen LogP contribution in [0, 0.1) is 0 Å². The molecule has 4 rings (SSSR count). The average Bonchev–Trinajstić information content (AvgIpc) is 2.74. The molecule has 28 heavy (non-hydrogen) atoms. The Morgan fingerprint density at radius 2 is 1.86 bits per heavy atom. The highest BCUT2D eigenvalue weighted by Crippen LogP contribution is 2.28. The van der Waals surface area contributed by atoms with E-state index in [0.717, 1.165) is 5.39 Å². The van der Waals surface area contributed by atoms with Gasteiger partial charge in [-0.1, -0.05) is 30.3 Å². The van der Waals surface area contributed by atoms with Crippen LogP contribution in [0.2, 0.25) is 0 Å². The predicted octanol–water partition coefficient (Wildman–Crippen LogP) is 2.73. The first-order valence-electron chi connectivity index (χ1n) is 8.84. The summed E-state index contributed by atoms with van der Waals surface area (Å²) >= 11 is 0. The summed E-state index contributed by atoms with van der Waals surface area (Å²) in [7, 11) is -3.68. The minimum absolute atomic E-state index is 0.0760. The van der Waals surface area contributed by atoms with Crippen LogP contribution in [-0.4, -0.2) is 43.9 Å². The molecule has 9 heteroatoms. The Morgan fingerprint density at radius 3 is 2.64 bits per heavy atom. The van der Waals surface area contributed by atoms with Gasteiger partial charge in [0.25, 0.3) is 0 Å². The summed E-state index contributed by atoms with van der Waals surface area (Å²) < 4.78 is 42.0. The van der Waals surface area contributed by atoms with Crippen LogP contribution in [0.3, 0.4) is 0 Å². The molecular formula is C19H19FN4O3S. The first-order valence-corrected chi connectivity index (χ1v) is 10.3. The van der Waals surface area contributed by atoms with Crippen molar-refractivity contribution < 1.29 is 17.9 Å². The van der Waals surface area contributed by atoms with Crippen molar-refractivity contribution in [3.63, 3.8) is 0 Å². The van der Waals surface area contributed by atoms with Crippen molar-refractivity contribution >= 4 is 26.8 Å². The lowest BCUT2D eigenvalue weighted by atomic mass is 10.1. The van der Waals surface area contributed by atoms with E-state index in [2.05, 4.69) is 20.0 Å². The van der Waals surface area contributed by atoms with Gasteiger partial charge in [-0.05, 0) is 24.3 Å². The molecule has 0 radical (unpaired) electrons. The van der Waals surface area contributed by atoms with Crippen molar-refractivity contribution in [2.24, 2.45) is 0 Å². The van der Waals surface area contributed by atoms with Crippen LogP contribution in [0.15, 0.2) is 54.6 Å². The molecule has 0 spiro atoms. The predicted molar refractivity (Wildman–Crippen MR) is 106 cm³/mol. The monoisotopic (exact) mass is 402 g/mol. The zero-order valence-electron chi connectivity index (χ0n) is 14.9. The highest BCUT2D eigenvalue weighted by molar-refractivity contribution is 7.90. The number of hydrogen-bond acceptors (Lipinski definition) is 5. The van der Waals surface area contributed by atoms with Gasteiger partial charge in [-0.2, -0.15) is 12.7 Å². The topological polar surface area (TPSA) is 83.6 Å². The van der Waals surface area contributed by atoms with E-state index in [-0.39, 0.29) is 5.75 Å². The molecule has 0 saturated carbocycles. The Bertz CT molecular complexity index is 1100. The summed E-state index contributed by atoms with van der Waals surface area (Å²) in [6.07, 6.45) is 0. The van der Waals surface area contributed by atoms with Crippen molar-refractivity contribution in [1.82, 2.24) is 14.6 Å². The number of aromatic nitrogens is 1. The first kappa shape index (κ1) is 18.6. The lowest BCUT2D eigenvalue weighted by Crippen LogP contribution is -2.48. The van der Waals surface area contributed by atoms with Gasteiger partial charge in [0.15, 0.2) is 5.75 Å². The fourth-order valence-electron chi connectivity index (χ4n) is 3.18. The molecule has 2 aromatic carbocycles. The molecular weight excluding hydrogens is 383 g/mol. The number of para-hydroxylation sites is 1. The summed E-state index contributed by atoms with van der Waals surface area (Å²) in [5.41, 5.74) is 2.16. The van der Waals surface area contributed by atoms with Gasteiger partial charge in [0.05, 0.1) is 16.9 Å². The maximum absolute atomic E-state index is 12.7. The number of piperazine rings is 1. The van der Waals surface area contributed by atoms with Crippen LogP contribution < -0.4 is 15.0 Å². The average molecular weight is 402 g/mol. The number of hydrogen-bond donors (Lipinski definition) is 2. The van der Waals surface area contributed by atoms with E-state index in [1.807, 2.05) is 12.1 Å². The molecule has 146 valence electrons. The van der Waals surface area contributed by atoms with Crippen LogP contribution >= 0.6 is 0 Å². The molecule has 1 aliphatic heterocycles. The third-order valence-corrected chi connectivity index (χ3v) is 6.12. The van der Waals surface area contributed by atoms with Gasteiger partial charge in [-0.3, -0.25) is 9.66 Å². The number of benzene rings is 2. The van der Waals surface area contributed by atoms with Crippen LogP contribution in [0.1, 0.15) is 0 Å². The van der Waals surface area contributed by atoms with Crippen LogP contribution in [0.25, 0.3) is 22.2 Å². The zero-order valence-corrected chi connectivity index (χ0v) is 15.7. The van der Waals surface area contributed by atoms with Gasteiger partial charge in [-0.15, -0.1) is 0 Å². The van der Waals surface area contributed by atoms with Crippen LogP contribution in [-0.2, 0) is 10.2 Å². The maximum atomic E-state index is 12.7. The summed E-state index contributed by atoms with van der Waals surface area (Å²) in [6.45, 7) is 2.06. The number of fused-ring (bicyclic) bond motifs is 1. The second-order valence-electron chi connectivity index (χ2n) is 6.43. The van der Waals surface area contributed by atoms with Gasteiger partial charge in [0.2, 0.25) is 0 Å². The summed E-state index contributed by atoms with van der Waals surface area (Å²) in [4.78, 5) is 8.40. The van der Waals surface area contributed by atoms with E-state index < -0.39 is 10.2 Å². The standard InChI is InChI=1S/C19H19FN4O3S/c20-27-16-5-1-4-15(13-16)17-8-7-14-3-2-6-18(19(14)22-17)23-28(25,26)24-11-9-21-10-12-24/h1-8,13,21,23H,9-12H2. The van der Waals surface area contributed by atoms with Crippen molar-refractivity contribution in [3.8, 4) is 17.0 Å². The molecule has 1 saturated heterocycles. The van der Waals surface area contributed by atoms with Crippen molar-refractivity contribution in [3.05, 3.63) is 54.6 Å². The van der Waals surface area contributed by atoms with E-state index in [1.165, 1.54) is 16.4 Å². The van der Waals surface area contributed by atoms with E-state index in [0.29, 0.717) is 48.6 Å². The van der Waals surface area contributed by atoms with E-state index in [9.17, 15) is 12.9 Å². The fraction of sp³-hybridized carbons (Fsp3) is 0.211. The highest BCUT2D eigenvalue weighted by atomic mass is 32.2. The SMILES string of the molecule is O=S(=O)(Nc1cccc2ccc(-c3cccc(OF)c3)nc12)N1CCNCC1. The Morgan fingerprint density at radius 1 is 1.07 bits per heavy atom. The van der Waals surface area contributed by atoms with Crippen molar-refractivity contribution in [2.45, 2.75) is 0 Å². The third-order valence-electron chi connectivity index (χ3n) is 4.59. The molecule has 7 nitrogen and oxygen atoms in total. The van der Waals surface area contributed by atoms with Crippen LogP contribution in [0.5, 0.6) is 5.75 Å². The molecule has 2 N–H and O–H groups in total. The fourth-order valence-corrected chi connectivity index (χ4v) is 4.42. The molecule has 0 atom stereocenters. The molecule has 3 aromatic rings. The Balaban J connectivity index is 1.72. The van der Waals surface area contributed by atoms with E-state index in [4.69, 9.17) is 0 Å². The van der Waals surface area contributed by atoms with Gasteiger partial charge < -0.3 is 5.32 Å². The van der Waals surface area contributed by atoms with Crippen molar-refractivity contribution in [1.29, 1.82) is 0 Å². The smallest absolute Gasteiger partial charge is 0.301 e. The minimum Gasteiger partial charge on any atom is -0.314 e.